The number of amides is 1. The van der Waals surface area contributed by atoms with Crippen LogP contribution in [-0.4, -0.2) is 46.0 Å². The van der Waals surface area contributed by atoms with Crippen molar-refractivity contribution in [3.8, 4) is 5.75 Å². The quantitative estimate of drug-likeness (QED) is 0.508. The SMILES string of the molecule is COc1ccc(SCCCNC(=O)c2ccc(N3CCCCS3(=O)=O)cc2)cc1. The maximum Gasteiger partial charge on any atom is 0.251 e. The first-order valence-electron chi connectivity index (χ1n) is 9.65. The summed E-state index contributed by atoms with van der Waals surface area (Å²) in [5, 5.41) is 2.91. The van der Waals surface area contributed by atoms with Gasteiger partial charge in [-0.2, -0.15) is 0 Å². The zero-order valence-corrected chi connectivity index (χ0v) is 18.1. The number of carbonyl (C=O) groups is 1. The van der Waals surface area contributed by atoms with Crippen LogP contribution in [0.5, 0.6) is 5.75 Å². The minimum Gasteiger partial charge on any atom is -0.497 e. The Morgan fingerprint density at radius 2 is 1.83 bits per heavy atom. The number of thioether (sulfide) groups is 1. The fourth-order valence-corrected chi connectivity index (χ4v) is 5.59. The molecular weight excluding hydrogens is 408 g/mol. The third-order valence-electron chi connectivity index (χ3n) is 4.70. The van der Waals surface area contributed by atoms with E-state index in [2.05, 4.69) is 5.32 Å². The van der Waals surface area contributed by atoms with Gasteiger partial charge >= 0.3 is 0 Å². The molecule has 0 bridgehead atoms. The van der Waals surface area contributed by atoms with E-state index in [4.69, 9.17) is 4.74 Å². The van der Waals surface area contributed by atoms with Crippen LogP contribution < -0.4 is 14.4 Å². The first-order valence-corrected chi connectivity index (χ1v) is 12.2. The summed E-state index contributed by atoms with van der Waals surface area (Å²) in [6.07, 6.45) is 2.42. The Bertz CT molecular complexity index is 913. The highest BCUT2D eigenvalue weighted by atomic mass is 32.2. The Morgan fingerprint density at radius 3 is 2.48 bits per heavy atom. The number of ether oxygens (including phenoxy) is 1. The van der Waals surface area contributed by atoms with Crippen molar-refractivity contribution in [2.75, 3.05) is 36.0 Å². The molecule has 1 fully saturated rings. The number of hydrogen-bond donors (Lipinski definition) is 1. The lowest BCUT2D eigenvalue weighted by atomic mass is 10.2. The molecule has 2 aromatic rings. The topological polar surface area (TPSA) is 75.7 Å². The lowest BCUT2D eigenvalue weighted by molar-refractivity contribution is 0.0954. The Labute approximate surface area is 176 Å². The molecule has 0 saturated carbocycles. The zero-order valence-electron chi connectivity index (χ0n) is 16.5. The molecule has 0 radical (unpaired) electrons. The van der Waals surface area contributed by atoms with Crippen molar-refractivity contribution in [3.63, 3.8) is 0 Å². The average Bonchev–Trinajstić information content (AvgIpc) is 2.73. The van der Waals surface area contributed by atoms with E-state index in [-0.39, 0.29) is 11.7 Å². The summed E-state index contributed by atoms with van der Waals surface area (Å²) >= 11 is 1.74. The molecule has 1 heterocycles. The van der Waals surface area contributed by atoms with Crippen molar-refractivity contribution in [2.45, 2.75) is 24.2 Å². The van der Waals surface area contributed by atoms with Gasteiger partial charge in [-0.05, 0) is 73.5 Å². The van der Waals surface area contributed by atoms with Crippen molar-refractivity contribution in [1.29, 1.82) is 0 Å². The van der Waals surface area contributed by atoms with Crippen molar-refractivity contribution in [1.82, 2.24) is 5.32 Å². The number of carbonyl (C=O) groups excluding carboxylic acids is 1. The number of nitrogens with one attached hydrogen (secondary N) is 1. The Morgan fingerprint density at radius 1 is 1.10 bits per heavy atom. The number of rotatable bonds is 8. The summed E-state index contributed by atoms with van der Waals surface area (Å²) in [7, 11) is -1.59. The van der Waals surface area contributed by atoms with E-state index in [9.17, 15) is 13.2 Å². The van der Waals surface area contributed by atoms with Crippen LogP contribution >= 0.6 is 11.8 Å². The van der Waals surface area contributed by atoms with Crippen LogP contribution in [-0.2, 0) is 10.0 Å². The maximum atomic E-state index is 12.3. The first-order chi connectivity index (χ1) is 14.0. The van der Waals surface area contributed by atoms with Crippen LogP contribution in [0.25, 0.3) is 0 Å². The van der Waals surface area contributed by atoms with Gasteiger partial charge in [-0.1, -0.05) is 0 Å². The summed E-state index contributed by atoms with van der Waals surface area (Å²) in [6.45, 7) is 1.09. The van der Waals surface area contributed by atoms with Crippen LogP contribution in [0, 0.1) is 0 Å². The van der Waals surface area contributed by atoms with Crippen molar-refractivity contribution < 1.29 is 17.9 Å². The van der Waals surface area contributed by atoms with Crippen LogP contribution in [0.3, 0.4) is 0 Å². The fraction of sp³-hybridized carbons (Fsp3) is 0.381. The molecule has 1 saturated heterocycles. The monoisotopic (exact) mass is 434 g/mol. The fourth-order valence-electron chi connectivity index (χ4n) is 3.10. The van der Waals surface area contributed by atoms with E-state index in [0.29, 0.717) is 30.8 Å². The van der Waals surface area contributed by atoms with Crippen molar-refractivity contribution in [3.05, 3.63) is 54.1 Å². The van der Waals surface area contributed by atoms with Gasteiger partial charge in [0.1, 0.15) is 5.75 Å². The van der Waals surface area contributed by atoms with E-state index >= 15 is 0 Å². The molecule has 0 aliphatic carbocycles. The minimum atomic E-state index is -3.23. The Balaban J connectivity index is 1.43. The van der Waals surface area contributed by atoms with E-state index in [1.807, 2.05) is 24.3 Å². The normalized spacial score (nSPS) is 15.7. The molecule has 3 rings (SSSR count). The third-order valence-corrected chi connectivity index (χ3v) is 7.67. The molecule has 2 aromatic carbocycles. The predicted molar refractivity (Wildman–Crippen MR) is 117 cm³/mol. The summed E-state index contributed by atoms with van der Waals surface area (Å²) in [5.41, 5.74) is 1.16. The number of sulfonamides is 1. The molecule has 156 valence electrons. The highest BCUT2D eigenvalue weighted by molar-refractivity contribution is 7.99. The average molecular weight is 435 g/mol. The third kappa shape index (κ3) is 5.90. The van der Waals surface area contributed by atoms with Gasteiger partial charge < -0.3 is 10.1 Å². The summed E-state index contributed by atoms with van der Waals surface area (Å²) in [5.74, 6) is 1.78. The lowest BCUT2D eigenvalue weighted by Gasteiger charge is -2.28. The smallest absolute Gasteiger partial charge is 0.251 e. The van der Waals surface area contributed by atoms with Crippen molar-refractivity contribution in [2.24, 2.45) is 0 Å². The summed E-state index contributed by atoms with van der Waals surface area (Å²) in [6, 6.07) is 14.7. The van der Waals surface area contributed by atoms with Gasteiger partial charge in [0.2, 0.25) is 10.0 Å². The van der Waals surface area contributed by atoms with Crippen molar-refractivity contribution >= 4 is 33.4 Å². The number of methoxy groups -OCH3 is 1. The summed E-state index contributed by atoms with van der Waals surface area (Å²) < 4.78 is 30.9. The molecule has 0 spiro atoms. The highest BCUT2D eigenvalue weighted by Crippen LogP contribution is 2.24. The summed E-state index contributed by atoms with van der Waals surface area (Å²) in [4.78, 5) is 13.5. The van der Waals surface area contributed by atoms with Gasteiger partial charge in [0.15, 0.2) is 0 Å². The van der Waals surface area contributed by atoms with Gasteiger partial charge in [-0.3, -0.25) is 9.10 Å². The second-order valence-electron chi connectivity index (χ2n) is 6.78. The number of anilines is 1. The van der Waals surface area contributed by atoms with E-state index in [1.165, 1.54) is 9.20 Å². The molecule has 1 amide bonds. The molecule has 0 unspecified atom stereocenters. The molecule has 6 nitrogen and oxygen atoms in total. The number of hydrogen-bond acceptors (Lipinski definition) is 5. The van der Waals surface area contributed by atoms with E-state index in [0.717, 1.165) is 24.3 Å². The molecule has 8 heteroatoms. The largest absolute Gasteiger partial charge is 0.497 e. The van der Waals surface area contributed by atoms with Crippen LogP contribution in [0.2, 0.25) is 0 Å². The number of benzene rings is 2. The van der Waals surface area contributed by atoms with Crippen LogP contribution in [0.1, 0.15) is 29.6 Å². The Hall–Kier alpha value is -2.19. The maximum absolute atomic E-state index is 12.3. The Kier molecular flexibility index (Phi) is 7.44. The van der Waals surface area contributed by atoms with E-state index < -0.39 is 10.0 Å². The molecule has 1 N–H and O–H groups in total. The van der Waals surface area contributed by atoms with Crippen LogP contribution in [0.4, 0.5) is 5.69 Å². The molecule has 0 aromatic heterocycles. The van der Waals surface area contributed by atoms with E-state index in [1.54, 1.807) is 43.1 Å². The first kappa shape index (κ1) is 21.5. The molecule has 1 aliphatic heterocycles. The van der Waals surface area contributed by atoms with Crippen LogP contribution in [0.15, 0.2) is 53.4 Å². The second kappa shape index (κ2) is 10.0. The molecule has 1 aliphatic rings. The second-order valence-corrected chi connectivity index (χ2v) is 9.96. The lowest BCUT2D eigenvalue weighted by Crippen LogP contribution is -2.37. The predicted octanol–water partition coefficient (Wildman–Crippen LogP) is 3.54. The molecular formula is C21H26N2O4S2. The van der Waals surface area contributed by atoms with Gasteiger partial charge in [0.05, 0.1) is 18.6 Å². The zero-order chi connectivity index (χ0) is 20.7. The standard InChI is InChI=1S/C21H26N2O4S2/c1-27-19-9-11-20(12-10-19)28-15-4-13-22-21(24)17-5-7-18(8-6-17)23-14-2-3-16-29(23,25)26/h5-12H,2-4,13-16H2,1H3,(H,22,24). The van der Waals surface area contributed by atoms with Gasteiger partial charge in [0, 0.05) is 23.5 Å². The van der Waals surface area contributed by atoms with Gasteiger partial charge in [-0.25, -0.2) is 8.42 Å². The minimum absolute atomic E-state index is 0.146. The number of nitrogens with zero attached hydrogens (tertiary/aromatic N) is 1. The van der Waals surface area contributed by atoms with Gasteiger partial charge in [0.25, 0.3) is 5.91 Å². The van der Waals surface area contributed by atoms with Gasteiger partial charge in [-0.15, -0.1) is 11.8 Å². The molecule has 0 atom stereocenters. The highest BCUT2D eigenvalue weighted by Gasteiger charge is 2.25. The molecule has 29 heavy (non-hydrogen) atoms.